The van der Waals surface area contributed by atoms with Gasteiger partial charge in [0.1, 0.15) is 11.3 Å². The fourth-order valence-corrected chi connectivity index (χ4v) is 1.79. The fraction of sp³-hybridized carbons (Fsp3) is 0.455. The number of rotatable bonds is 4. The molecule has 0 spiro atoms. The molecule has 15 heavy (non-hydrogen) atoms. The molecule has 0 bridgehead atoms. The number of aromatic nitrogens is 3. The van der Waals surface area contributed by atoms with Crippen LogP contribution in [0.1, 0.15) is 19.2 Å². The van der Waals surface area contributed by atoms with Gasteiger partial charge in [0.15, 0.2) is 5.65 Å². The molecule has 4 nitrogen and oxygen atoms in total. The maximum Gasteiger partial charge on any atom is 0.159 e. The number of hydrogen-bond acceptors (Lipinski definition) is 3. The average molecular weight is 204 g/mol. The molecule has 80 valence electrons. The average Bonchev–Trinajstić information content (AvgIpc) is 2.63. The summed E-state index contributed by atoms with van der Waals surface area (Å²) in [5.41, 5.74) is 7.47. The summed E-state index contributed by atoms with van der Waals surface area (Å²) >= 11 is 0. The summed E-state index contributed by atoms with van der Waals surface area (Å²) in [6, 6.07) is 3.92. The van der Waals surface area contributed by atoms with Gasteiger partial charge in [0.25, 0.3) is 0 Å². The second kappa shape index (κ2) is 4.40. The lowest BCUT2D eigenvalue weighted by molar-refractivity contribution is 0.682. The molecule has 0 aliphatic heterocycles. The van der Waals surface area contributed by atoms with E-state index in [-0.39, 0.29) is 0 Å². The van der Waals surface area contributed by atoms with E-state index in [1.165, 1.54) is 0 Å². The Morgan fingerprint density at radius 1 is 1.47 bits per heavy atom. The van der Waals surface area contributed by atoms with Crippen molar-refractivity contribution in [3.05, 3.63) is 24.2 Å². The zero-order valence-corrected chi connectivity index (χ0v) is 8.98. The third-order valence-electron chi connectivity index (χ3n) is 2.50. The van der Waals surface area contributed by atoms with Crippen LogP contribution in [0.15, 0.2) is 18.3 Å². The van der Waals surface area contributed by atoms with E-state index in [1.54, 1.807) is 0 Å². The maximum atomic E-state index is 5.51. The van der Waals surface area contributed by atoms with E-state index in [4.69, 9.17) is 5.73 Å². The Morgan fingerprint density at radius 2 is 2.33 bits per heavy atom. The molecular weight excluding hydrogens is 188 g/mol. The minimum atomic E-state index is 0.709. The number of nitrogens with two attached hydrogens (primary N) is 1. The van der Waals surface area contributed by atoms with Crippen molar-refractivity contribution in [3.8, 4) is 0 Å². The van der Waals surface area contributed by atoms with Gasteiger partial charge in [-0.2, -0.15) is 0 Å². The van der Waals surface area contributed by atoms with Crippen LogP contribution in [0.3, 0.4) is 0 Å². The topological polar surface area (TPSA) is 56.7 Å². The van der Waals surface area contributed by atoms with E-state index < -0.39 is 0 Å². The highest BCUT2D eigenvalue weighted by Gasteiger charge is 2.08. The first-order chi connectivity index (χ1) is 7.36. The van der Waals surface area contributed by atoms with Gasteiger partial charge in [0, 0.05) is 19.2 Å². The van der Waals surface area contributed by atoms with Crippen molar-refractivity contribution in [1.82, 2.24) is 14.5 Å². The van der Waals surface area contributed by atoms with Crippen molar-refractivity contribution in [2.24, 2.45) is 5.73 Å². The van der Waals surface area contributed by atoms with Crippen LogP contribution in [0, 0.1) is 0 Å². The molecule has 2 aromatic heterocycles. The van der Waals surface area contributed by atoms with Gasteiger partial charge in [-0.1, -0.05) is 0 Å². The number of pyridine rings is 1. The van der Waals surface area contributed by atoms with Crippen LogP contribution in [0.5, 0.6) is 0 Å². The summed E-state index contributed by atoms with van der Waals surface area (Å²) in [7, 11) is 0. The van der Waals surface area contributed by atoms with Gasteiger partial charge < -0.3 is 10.3 Å². The molecule has 0 saturated carbocycles. The zero-order chi connectivity index (χ0) is 10.7. The van der Waals surface area contributed by atoms with Crippen molar-refractivity contribution >= 4 is 11.2 Å². The number of fused-ring (bicyclic) bond motifs is 1. The lowest BCUT2D eigenvalue weighted by Gasteiger charge is -2.03. The monoisotopic (exact) mass is 204 g/mol. The van der Waals surface area contributed by atoms with Crippen LogP contribution in [-0.4, -0.2) is 21.1 Å². The standard InChI is InChI=1S/C11H16N4/c1-2-15-10(6-3-7-12)14-9-5-4-8-13-11(9)15/h4-5,8H,2-3,6-7,12H2,1H3. The molecule has 0 aliphatic rings. The Morgan fingerprint density at radius 3 is 3.07 bits per heavy atom. The summed E-state index contributed by atoms with van der Waals surface area (Å²) in [4.78, 5) is 8.92. The Kier molecular flexibility index (Phi) is 2.97. The molecule has 4 heteroatoms. The Bertz CT molecular complexity index is 447. The second-order valence-corrected chi connectivity index (χ2v) is 3.51. The third kappa shape index (κ3) is 1.85. The predicted molar refractivity (Wildman–Crippen MR) is 60.6 cm³/mol. The van der Waals surface area contributed by atoms with E-state index in [2.05, 4.69) is 21.5 Å². The number of nitrogens with zero attached hydrogens (tertiary/aromatic N) is 3. The van der Waals surface area contributed by atoms with Gasteiger partial charge in [0.05, 0.1) is 0 Å². The molecule has 0 aliphatic carbocycles. The minimum absolute atomic E-state index is 0.709. The van der Waals surface area contributed by atoms with Crippen LogP contribution in [0.2, 0.25) is 0 Å². The minimum Gasteiger partial charge on any atom is -0.330 e. The van der Waals surface area contributed by atoms with Gasteiger partial charge in [-0.05, 0) is 32.0 Å². The summed E-state index contributed by atoms with van der Waals surface area (Å²) in [5, 5.41) is 0. The Hall–Kier alpha value is -1.42. The summed E-state index contributed by atoms with van der Waals surface area (Å²) in [5.74, 6) is 1.09. The first-order valence-electron chi connectivity index (χ1n) is 5.37. The first-order valence-corrected chi connectivity index (χ1v) is 5.37. The fourth-order valence-electron chi connectivity index (χ4n) is 1.79. The molecule has 2 aromatic rings. The lowest BCUT2D eigenvalue weighted by atomic mass is 10.3. The molecule has 0 amide bonds. The second-order valence-electron chi connectivity index (χ2n) is 3.51. The van der Waals surface area contributed by atoms with Crippen LogP contribution < -0.4 is 5.73 Å². The van der Waals surface area contributed by atoms with Crippen LogP contribution in [0.4, 0.5) is 0 Å². The van der Waals surface area contributed by atoms with Crippen molar-refractivity contribution in [1.29, 1.82) is 0 Å². The molecule has 2 rings (SSSR count). The molecule has 0 atom stereocenters. The third-order valence-corrected chi connectivity index (χ3v) is 2.50. The van der Waals surface area contributed by atoms with Crippen molar-refractivity contribution in [3.63, 3.8) is 0 Å². The van der Waals surface area contributed by atoms with Gasteiger partial charge in [-0.25, -0.2) is 9.97 Å². The predicted octanol–water partition coefficient (Wildman–Crippen LogP) is 1.34. The molecular formula is C11H16N4. The lowest BCUT2D eigenvalue weighted by Crippen LogP contribution is -2.06. The molecule has 0 radical (unpaired) electrons. The molecule has 0 saturated heterocycles. The normalized spacial score (nSPS) is 11.1. The van der Waals surface area contributed by atoms with Gasteiger partial charge in [-0.3, -0.25) is 0 Å². The van der Waals surface area contributed by atoms with Gasteiger partial charge in [0.2, 0.25) is 0 Å². The van der Waals surface area contributed by atoms with E-state index in [0.717, 1.165) is 36.4 Å². The van der Waals surface area contributed by atoms with E-state index in [9.17, 15) is 0 Å². The van der Waals surface area contributed by atoms with E-state index >= 15 is 0 Å². The summed E-state index contributed by atoms with van der Waals surface area (Å²) in [6.07, 6.45) is 3.72. The SMILES string of the molecule is CCn1c(CCCN)nc2cccnc21. The number of imidazole rings is 1. The van der Waals surface area contributed by atoms with Crippen molar-refractivity contribution < 1.29 is 0 Å². The molecule has 0 aromatic carbocycles. The number of aryl methyl sites for hydroxylation is 2. The molecule has 0 unspecified atom stereocenters. The van der Waals surface area contributed by atoms with Crippen molar-refractivity contribution in [2.75, 3.05) is 6.54 Å². The van der Waals surface area contributed by atoms with Crippen LogP contribution in [0.25, 0.3) is 11.2 Å². The van der Waals surface area contributed by atoms with Gasteiger partial charge in [-0.15, -0.1) is 0 Å². The highest BCUT2D eigenvalue weighted by molar-refractivity contribution is 5.71. The largest absolute Gasteiger partial charge is 0.330 e. The highest BCUT2D eigenvalue weighted by Crippen LogP contribution is 2.14. The zero-order valence-electron chi connectivity index (χ0n) is 8.98. The smallest absolute Gasteiger partial charge is 0.159 e. The maximum absolute atomic E-state index is 5.51. The van der Waals surface area contributed by atoms with Crippen LogP contribution >= 0.6 is 0 Å². The van der Waals surface area contributed by atoms with E-state index in [0.29, 0.717) is 6.54 Å². The molecule has 2 heterocycles. The molecule has 0 fully saturated rings. The molecule has 2 N–H and O–H groups in total. The summed E-state index contributed by atoms with van der Waals surface area (Å²) in [6.45, 7) is 3.73. The Balaban J connectivity index is 2.44. The summed E-state index contributed by atoms with van der Waals surface area (Å²) < 4.78 is 2.16. The first kappa shape index (κ1) is 10.1. The quantitative estimate of drug-likeness (QED) is 0.817. The van der Waals surface area contributed by atoms with Crippen molar-refractivity contribution in [2.45, 2.75) is 26.3 Å². The number of hydrogen-bond donors (Lipinski definition) is 1. The van der Waals surface area contributed by atoms with Gasteiger partial charge >= 0.3 is 0 Å². The van der Waals surface area contributed by atoms with Crippen LogP contribution in [-0.2, 0) is 13.0 Å². The highest BCUT2D eigenvalue weighted by atomic mass is 15.1. The Labute approximate surface area is 89.1 Å². The van der Waals surface area contributed by atoms with E-state index in [1.807, 2.05) is 18.3 Å².